The number of nitrogens with zero attached hydrogens (tertiary/aromatic N) is 1. The Labute approximate surface area is 175 Å². The Balaban J connectivity index is 0.00000338. The van der Waals surface area contributed by atoms with Crippen LogP contribution in [0.2, 0.25) is 0 Å². The number of guanidine groups is 1. The van der Waals surface area contributed by atoms with Gasteiger partial charge < -0.3 is 20.5 Å². The van der Waals surface area contributed by atoms with Crippen molar-refractivity contribution < 1.29 is 9.84 Å². The van der Waals surface area contributed by atoms with E-state index in [0.29, 0.717) is 12.5 Å². The van der Waals surface area contributed by atoms with Crippen LogP contribution >= 0.6 is 24.0 Å². The largest absolute Gasteiger partial charge is 0.491 e. The lowest BCUT2D eigenvalue weighted by Crippen LogP contribution is -2.41. The third-order valence-corrected chi connectivity index (χ3v) is 4.49. The molecule has 26 heavy (non-hydrogen) atoms. The number of aliphatic hydroxyl groups is 1. The average molecular weight is 475 g/mol. The van der Waals surface area contributed by atoms with Crippen molar-refractivity contribution in [2.45, 2.75) is 65.7 Å². The molecule has 0 heterocycles. The Morgan fingerprint density at radius 2 is 2.08 bits per heavy atom. The molecular weight excluding hydrogens is 441 g/mol. The second-order valence-corrected chi connectivity index (χ2v) is 7.11. The van der Waals surface area contributed by atoms with Crippen molar-refractivity contribution in [1.29, 1.82) is 0 Å². The summed E-state index contributed by atoms with van der Waals surface area (Å²) in [4.78, 5) is 4.70. The maximum absolute atomic E-state index is 9.97. The predicted octanol–water partition coefficient (Wildman–Crippen LogP) is 3.62. The van der Waals surface area contributed by atoms with E-state index in [1.54, 1.807) is 0 Å². The molecule has 1 saturated carbocycles. The Bertz CT molecular complexity index is 578. The molecule has 2 atom stereocenters. The van der Waals surface area contributed by atoms with Gasteiger partial charge in [0.1, 0.15) is 5.75 Å². The number of nitrogens with one attached hydrogen (secondary N) is 2. The summed E-state index contributed by atoms with van der Waals surface area (Å²) in [5, 5.41) is 16.6. The maximum atomic E-state index is 9.97. The van der Waals surface area contributed by atoms with Crippen LogP contribution in [0.1, 0.15) is 51.2 Å². The Morgan fingerprint density at radius 3 is 2.69 bits per heavy atom. The second-order valence-electron chi connectivity index (χ2n) is 7.11. The lowest BCUT2D eigenvalue weighted by Gasteiger charge is -2.18. The average Bonchev–Trinajstić information content (AvgIpc) is 2.96. The van der Waals surface area contributed by atoms with Gasteiger partial charge >= 0.3 is 0 Å². The van der Waals surface area contributed by atoms with Crippen molar-refractivity contribution in [2.75, 3.05) is 13.1 Å². The lowest BCUT2D eigenvalue weighted by molar-refractivity contribution is 0.134. The zero-order valence-electron chi connectivity index (χ0n) is 16.4. The van der Waals surface area contributed by atoms with E-state index in [1.165, 1.54) is 5.56 Å². The van der Waals surface area contributed by atoms with Gasteiger partial charge in [-0.05, 0) is 52.2 Å². The molecule has 1 aromatic carbocycles. The minimum atomic E-state index is -0.182. The van der Waals surface area contributed by atoms with Crippen LogP contribution in [0.15, 0.2) is 23.2 Å². The molecule has 0 aromatic heterocycles. The number of halogens is 1. The summed E-state index contributed by atoms with van der Waals surface area (Å²) >= 11 is 0. The smallest absolute Gasteiger partial charge is 0.191 e. The standard InChI is InChI=1S/C20H33N3O2.HI/c1-5-21-20(22-12-16-7-6-8-18(16)24)23-13-17-10-9-15(4)11-19(17)25-14(2)3;/h9-11,14,16,18,24H,5-8,12-13H2,1-4H3,(H2,21,22,23);1H. The zero-order chi connectivity index (χ0) is 18.2. The van der Waals surface area contributed by atoms with Crippen molar-refractivity contribution in [2.24, 2.45) is 10.9 Å². The van der Waals surface area contributed by atoms with E-state index in [9.17, 15) is 5.11 Å². The number of benzene rings is 1. The molecular formula is C20H34IN3O2. The van der Waals surface area contributed by atoms with Gasteiger partial charge in [-0.25, -0.2) is 4.99 Å². The van der Waals surface area contributed by atoms with Crippen LogP contribution in [-0.2, 0) is 6.54 Å². The highest BCUT2D eigenvalue weighted by Crippen LogP contribution is 2.25. The summed E-state index contributed by atoms with van der Waals surface area (Å²) in [6, 6.07) is 6.24. The highest BCUT2D eigenvalue weighted by molar-refractivity contribution is 14.0. The van der Waals surface area contributed by atoms with Gasteiger partial charge in [-0.2, -0.15) is 0 Å². The molecule has 1 aromatic rings. The molecule has 2 rings (SSSR count). The molecule has 148 valence electrons. The van der Waals surface area contributed by atoms with Gasteiger partial charge in [-0.15, -0.1) is 24.0 Å². The highest BCUT2D eigenvalue weighted by atomic mass is 127. The molecule has 6 heteroatoms. The zero-order valence-corrected chi connectivity index (χ0v) is 18.7. The summed E-state index contributed by atoms with van der Waals surface area (Å²) in [7, 11) is 0. The molecule has 0 saturated heterocycles. The molecule has 0 amide bonds. The second kappa shape index (κ2) is 11.6. The topological polar surface area (TPSA) is 65.9 Å². The minimum Gasteiger partial charge on any atom is -0.491 e. The van der Waals surface area contributed by atoms with E-state index >= 15 is 0 Å². The van der Waals surface area contributed by atoms with E-state index in [1.807, 2.05) is 13.8 Å². The van der Waals surface area contributed by atoms with E-state index in [4.69, 9.17) is 9.73 Å². The van der Waals surface area contributed by atoms with Crippen LogP contribution in [0.5, 0.6) is 5.75 Å². The van der Waals surface area contributed by atoms with Gasteiger partial charge in [-0.1, -0.05) is 18.6 Å². The first-order chi connectivity index (χ1) is 12.0. The van der Waals surface area contributed by atoms with Crippen LogP contribution in [0, 0.1) is 12.8 Å². The number of rotatable bonds is 7. The first-order valence-corrected chi connectivity index (χ1v) is 9.46. The molecule has 5 nitrogen and oxygen atoms in total. The first kappa shape index (κ1) is 23.0. The number of ether oxygens (including phenoxy) is 1. The Kier molecular flexibility index (Phi) is 10.3. The van der Waals surface area contributed by atoms with E-state index in [0.717, 1.165) is 49.6 Å². The van der Waals surface area contributed by atoms with Crippen LogP contribution in [0.25, 0.3) is 0 Å². The van der Waals surface area contributed by atoms with Gasteiger partial charge in [0.05, 0.1) is 18.8 Å². The van der Waals surface area contributed by atoms with Gasteiger partial charge in [0.15, 0.2) is 5.96 Å². The molecule has 1 fully saturated rings. The Hall–Kier alpha value is -1.02. The number of aryl methyl sites for hydroxylation is 1. The van der Waals surface area contributed by atoms with Crippen molar-refractivity contribution in [3.05, 3.63) is 29.3 Å². The van der Waals surface area contributed by atoms with Crippen molar-refractivity contribution in [3.8, 4) is 5.75 Å². The van der Waals surface area contributed by atoms with Crippen LogP contribution in [0.4, 0.5) is 0 Å². The monoisotopic (exact) mass is 475 g/mol. The quantitative estimate of drug-likeness (QED) is 0.320. The first-order valence-electron chi connectivity index (χ1n) is 9.46. The molecule has 0 bridgehead atoms. The SMILES string of the molecule is CCNC(=NCc1ccc(C)cc1OC(C)C)NCC1CCCC1O.I. The van der Waals surface area contributed by atoms with E-state index < -0.39 is 0 Å². The summed E-state index contributed by atoms with van der Waals surface area (Å²) in [6.45, 7) is 10.3. The third kappa shape index (κ3) is 7.31. The number of aliphatic hydroxyl groups excluding tert-OH is 1. The van der Waals surface area contributed by atoms with Crippen molar-refractivity contribution in [1.82, 2.24) is 10.6 Å². The fourth-order valence-electron chi connectivity index (χ4n) is 3.15. The van der Waals surface area contributed by atoms with Crippen LogP contribution in [-0.4, -0.2) is 36.4 Å². The van der Waals surface area contributed by atoms with Crippen LogP contribution < -0.4 is 15.4 Å². The minimum absolute atomic E-state index is 0. The number of aliphatic imine (C=N–C) groups is 1. The fourth-order valence-corrected chi connectivity index (χ4v) is 3.15. The maximum Gasteiger partial charge on any atom is 0.191 e. The number of hydrogen-bond donors (Lipinski definition) is 3. The summed E-state index contributed by atoms with van der Waals surface area (Å²) in [5.74, 6) is 2.02. The van der Waals surface area contributed by atoms with Crippen LogP contribution in [0.3, 0.4) is 0 Å². The van der Waals surface area contributed by atoms with Gasteiger partial charge in [-0.3, -0.25) is 0 Å². The third-order valence-electron chi connectivity index (χ3n) is 4.49. The normalized spacial score (nSPS) is 20.0. The van der Waals surface area contributed by atoms with Gasteiger partial charge in [0.25, 0.3) is 0 Å². The van der Waals surface area contributed by atoms with Crippen molar-refractivity contribution in [3.63, 3.8) is 0 Å². The van der Waals surface area contributed by atoms with E-state index in [-0.39, 0.29) is 36.2 Å². The van der Waals surface area contributed by atoms with Gasteiger partial charge in [0, 0.05) is 24.6 Å². The van der Waals surface area contributed by atoms with E-state index in [2.05, 4.69) is 42.7 Å². The molecule has 0 radical (unpaired) electrons. The molecule has 2 unspecified atom stereocenters. The molecule has 0 spiro atoms. The van der Waals surface area contributed by atoms with Gasteiger partial charge in [0.2, 0.25) is 0 Å². The van der Waals surface area contributed by atoms with Crippen molar-refractivity contribution >= 4 is 29.9 Å². The summed E-state index contributed by atoms with van der Waals surface area (Å²) in [6.07, 6.45) is 3.07. The summed E-state index contributed by atoms with van der Waals surface area (Å²) < 4.78 is 5.93. The molecule has 1 aliphatic rings. The summed E-state index contributed by atoms with van der Waals surface area (Å²) in [5.41, 5.74) is 2.26. The highest BCUT2D eigenvalue weighted by Gasteiger charge is 2.24. The predicted molar refractivity (Wildman–Crippen MR) is 119 cm³/mol. The number of hydrogen-bond acceptors (Lipinski definition) is 3. The lowest BCUT2D eigenvalue weighted by atomic mass is 10.1. The Morgan fingerprint density at radius 1 is 1.31 bits per heavy atom. The molecule has 0 aliphatic heterocycles. The molecule has 1 aliphatic carbocycles. The fraction of sp³-hybridized carbons (Fsp3) is 0.650. The molecule has 3 N–H and O–H groups in total.